The van der Waals surface area contributed by atoms with E-state index in [0.29, 0.717) is 6.54 Å². The van der Waals surface area contributed by atoms with E-state index in [1.807, 2.05) is 6.07 Å². The Hall–Kier alpha value is -0.640. The Morgan fingerprint density at radius 2 is 2.42 bits per heavy atom. The van der Waals surface area contributed by atoms with Crippen LogP contribution in [0.2, 0.25) is 0 Å². The Morgan fingerprint density at radius 3 is 3.17 bits per heavy atom. The number of hydrogen-bond acceptors (Lipinski definition) is 3. The highest BCUT2D eigenvalue weighted by Crippen LogP contribution is 2.19. The van der Waals surface area contributed by atoms with E-state index in [0.717, 1.165) is 17.7 Å². The van der Waals surface area contributed by atoms with E-state index in [1.165, 1.54) is 0 Å². The molecule has 4 heteroatoms. The molecular weight excluding hydrogens is 176 g/mol. The van der Waals surface area contributed by atoms with Crippen LogP contribution in [0, 0.1) is 0 Å². The van der Waals surface area contributed by atoms with E-state index in [4.69, 9.17) is 0 Å². The zero-order valence-electron chi connectivity index (χ0n) is 6.53. The monoisotopic (exact) mass is 186 g/mol. The van der Waals surface area contributed by atoms with Crippen molar-refractivity contribution in [2.45, 2.75) is 12.6 Å². The highest BCUT2D eigenvalue weighted by Gasteiger charge is 2.16. The van der Waals surface area contributed by atoms with Crippen molar-refractivity contribution in [3.05, 3.63) is 29.6 Å². The molecule has 0 aliphatic carbocycles. The van der Waals surface area contributed by atoms with Crippen LogP contribution in [-0.4, -0.2) is 16.6 Å². The summed E-state index contributed by atoms with van der Waals surface area (Å²) in [4.78, 5) is 3.96. The van der Waals surface area contributed by atoms with Gasteiger partial charge in [0.25, 0.3) is 0 Å². The molecule has 0 aromatic carbocycles. The number of nitrogens with zero attached hydrogens (tertiary/aromatic N) is 1. The number of aromatic nitrogens is 1. The van der Waals surface area contributed by atoms with Crippen LogP contribution in [0.25, 0.3) is 0 Å². The molecule has 1 unspecified atom stereocenters. The lowest BCUT2D eigenvalue weighted by Crippen LogP contribution is -2.27. The first-order valence-electron chi connectivity index (χ1n) is 3.69. The topological polar surface area (TPSA) is 45.1 Å². The van der Waals surface area contributed by atoms with Gasteiger partial charge in [-0.1, -0.05) is 0 Å². The zero-order valence-corrected chi connectivity index (χ0v) is 7.34. The van der Waals surface area contributed by atoms with E-state index >= 15 is 0 Å². The lowest BCUT2D eigenvalue weighted by Gasteiger charge is -2.21. The lowest BCUT2D eigenvalue weighted by molar-refractivity contribution is 0.164. The Bertz CT molecular complexity index is 267. The van der Waals surface area contributed by atoms with Crippen molar-refractivity contribution in [3.63, 3.8) is 0 Å². The molecule has 0 radical (unpaired) electrons. The molecular formula is C8H11ClN2O. The van der Waals surface area contributed by atoms with Gasteiger partial charge in [0.15, 0.2) is 0 Å². The van der Waals surface area contributed by atoms with Crippen LogP contribution in [0.4, 0.5) is 0 Å². The Kier molecular flexibility index (Phi) is 3.03. The first kappa shape index (κ1) is 9.45. The number of hydrogen-bond donors (Lipinski definition) is 2. The van der Waals surface area contributed by atoms with Crippen molar-refractivity contribution < 1.29 is 5.11 Å². The van der Waals surface area contributed by atoms with Crippen molar-refractivity contribution in [1.29, 1.82) is 0 Å². The Balaban J connectivity index is 0.000000720. The molecule has 1 aromatic rings. The van der Waals surface area contributed by atoms with Crippen molar-refractivity contribution in [3.8, 4) is 0 Å². The summed E-state index contributed by atoms with van der Waals surface area (Å²) in [6, 6.07) is 1.94. The molecule has 2 heterocycles. The second-order valence-corrected chi connectivity index (χ2v) is 2.72. The van der Waals surface area contributed by atoms with Crippen LogP contribution in [0.1, 0.15) is 17.2 Å². The van der Waals surface area contributed by atoms with Gasteiger partial charge in [-0.15, -0.1) is 12.4 Å². The number of aliphatic hydroxyl groups is 1. The number of halogens is 1. The molecule has 3 nitrogen and oxygen atoms in total. The van der Waals surface area contributed by atoms with Gasteiger partial charge >= 0.3 is 0 Å². The van der Waals surface area contributed by atoms with Gasteiger partial charge in [0.2, 0.25) is 0 Å². The fourth-order valence-corrected chi connectivity index (χ4v) is 1.35. The van der Waals surface area contributed by atoms with Gasteiger partial charge in [-0.25, -0.2) is 0 Å². The van der Waals surface area contributed by atoms with E-state index < -0.39 is 0 Å². The third kappa shape index (κ3) is 1.58. The Labute approximate surface area is 77.2 Å². The van der Waals surface area contributed by atoms with Crippen LogP contribution >= 0.6 is 12.4 Å². The molecule has 2 rings (SSSR count). The third-order valence-electron chi connectivity index (χ3n) is 1.96. The number of β-amino-alcohol motifs (C(OH)–C–C–N with tert-alkyl or cyclic N) is 1. The van der Waals surface area contributed by atoms with Crippen molar-refractivity contribution in [2.24, 2.45) is 0 Å². The molecule has 0 saturated heterocycles. The summed E-state index contributed by atoms with van der Waals surface area (Å²) < 4.78 is 0. The zero-order chi connectivity index (χ0) is 7.68. The molecule has 66 valence electrons. The fraction of sp³-hybridized carbons (Fsp3) is 0.375. The van der Waals surface area contributed by atoms with Gasteiger partial charge in [-0.2, -0.15) is 0 Å². The van der Waals surface area contributed by atoms with Crippen LogP contribution < -0.4 is 5.32 Å². The lowest BCUT2D eigenvalue weighted by atomic mass is 10.0. The first-order chi connectivity index (χ1) is 5.38. The number of nitrogens with one attached hydrogen (secondary N) is 1. The first-order valence-corrected chi connectivity index (χ1v) is 3.69. The molecule has 0 bridgehead atoms. The largest absolute Gasteiger partial charge is 0.387 e. The van der Waals surface area contributed by atoms with Gasteiger partial charge in [-0.05, 0) is 11.6 Å². The molecule has 2 N–H and O–H groups in total. The van der Waals surface area contributed by atoms with Gasteiger partial charge < -0.3 is 10.4 Å². The van der Waals surface area contributed by atoms with Gasteiger partial charge in [0.05, 0.1) is 6.10 Å². The van der Waals surface area contributed by atoms with E-state index in [-0.39, 0.29) is 18.5 Å². The number of aliphatic hydroxyl groups excluding tert-OH is 1. The predicted octanol–water partition coefficient (Wildman–Crippen LogP) is 0.640. The van der Waals surface area contributed by atoms with Crippen molar-refractivity contribution >= 4 is 12.4 Å². The van der Waals surface area contributed by atoms with E-state index in [9.17, 15) is 5.11 Å². The number of fused-ring (bicyclic) bond motifs is 1. The predicted molar refractivity (Wildman–Crippen MR) is 48.2 cm³/mol. The van der Waals surface area contributed by atoms with Crippen LogP contribution in [0.15, 0.2) is 18.5 Å². The SMILES string of the molecule is Cl.OC1CNCc2ccncc21. The summed E-state index contributed by atoms with van der Waals surface area (Å²) >= 11 is 0. The molecule has 1 aliphatic heterocycles. The summed E-state index contributed by atoms with van der Waals surface area (Å²) in [6.07, 6.45) is 3.10. The van der Waals surface area contributed by atoms with Crippen LogP contribution in [0.3, 0.4) is 0 Å². The van der Waals surface area contributed by atoms with Crippen LogP contribution in [0.5, 0.6) is 0 Å². The molecule has 0 saturated carbocycles. The summed E-state index contributed by atoms with van der Waals surface area (Å²) in [5.41, 5.74) is 2.12. The molecule has 1 aromatic heterocycles. The van der Waals surface area contributed by atoms with Gasteiger partial charge in [-0.3, -0.25) is 4.98 Å². The maximum atomic E-state index is 9.46. The number of pyridine rings is 1. The minimum atomic E-state index is -0.382. The standard InChI is InChI=1S/C8H10N2O.ClH/c11-8-5-10-3-6-1-2-9-4-7(6)8;/h1-2,4,8,10-11H,3,5H2;1H. The number of rotatable bonds is 0. The summed E-state index contributed by atoms with van der Waals surface area (Å²) in [7, 11) is 0. The second kappa shape index (κ2) is 3.85. The highest BCUT2D eigenvalue weighted by molar-refractivity contribution is 5.85. The van der Waals surface area contributed by atoms with Crippen LogP contribution in [-0.2, 0) is 6.54 Å². The average molecular weight is 187 g/mol. The molecule has 0 fully saturated rings. The summed E-state index contributed by atoms with van der Waals surface area (Å²) in [6.45, 7) is 1.48. The van der Waals surface area contributed by atoms with Gasteiger partial charge in [0, 0.05) is 31.0 Å². The fourth-order valence-electron chi connectivity index (χ4n) is 1.35. The highest BCUT2D eigenvalue weighted by atomic mass is 35.5. The quantitative estimate of drug-likeness (QED) is 0.625. The summed E-state index contributed by atoms with van der Waals surface area (Å²) in [5.74, 6) is 0. The molecule has 0 spiro atoms. The maximum Gasteiger partial charge on any atom is 0.0932 e. The molecule has 1 atom stereocenters. The molecule has 0 amide bonds. The Morgan fingerprint density at radius 1 is 1.58 bits per heavy atom. The minimum Gasteiger partial charge on any atom is -0.387 e. The van der Waals surface area contributed by atoms with Gasteiger partial charge in [0.1, 0.15) is 0 Å². The molecule has 12 heavy (non-hydrogen) atoms. The summed E-state index contributed by atoms with van der Waals surface area (Å²) in [5, 5.41) is 12.6. The van der Waals surface area contributed by atoms with E-state index in [2.05, 4.69) is 10.3 Å². The normalized spacial score (nSPS) is 20.9. The molecule has 1 aliphatic rings. The maximum absolute atomic E-state index is 9.46. The minimum absolute atomic E-state index is 0. The average Bonchev–Trinajstić information content (AvgIpc) is 2.06. The second-order valence-electron chi connectivity index (χ2n) is 2.72. The smallest absolute Gasteiger partial charge is 0.0932 e. The van der Waals surface area contributed by atoms with Crippen molar-refractivity contribution in [2.75, 3.05) is 6.54 Å². The van der Waals surface area contributed by atoms with E-state index in [1.54, 1.807) is 12.4 Å². The third-order valence-corrected chi connectivity index (χ3v) is 1.96. The van der Waals surface area contributed by atoms with Crippen molar-refractivity contribution in [1.82, 2.24) is 10.3 Å².